The summed E-state index contributed by atoms with van der Waals surface area (Å²) >= 11 is 9.19. The Balaban J connectivity index is 1.50. The first-order chi connectivity index (χ1) is 18.3. The second-order valence-corrected chi connectivity index (χ2v) is 10.8. The van der Waals surface area contributed by atoms with Crippen molar-refractivity contribution in [1.82, 2.24) is 4.90 Å². The predicted molar refractivity (Wildman–Crippen MR) is 159 cm³/mol. The monoisotopic (exact) mass is 662 g/mol. The van der Waals surface area contributed by atoms with Crippen molar-refractivity contribution in [2.45, 2.75) is 20.5 Å². The van der Waals surface area contributed by atoms with Crippen molar-refractivity contribution >= 4 is 74.8 Å². The number of benzene rings is 3. The Morgan fingerprint density at radius 2 is 1.84 bits per heavy atom. The maximum absolute atomic E-state index is 13.0. The van der Waals surface area contributed by atoms with Gasteiger partial charge in [-0.05, 0) is 89.7 Å². The average Bonchev–Trinajstić information content (AvgIpc) is 3.13. The quantitative estimate of drug-likeness (QED) is 0.198. The van der Waals surface area contributed by atoms with Gasteiger partial charge in [0, 0.05) is 16.3 Å². The fraction of sp³-hybridized carbons (Fsp3) is 0.179. The van der Waals surface area contributed by atoms with Gasteiger partial charge in [-0.2, -0.15) is 0 Å². The van der Waals surface area contributed by atoms with Gasteiger partial charge < -0.3 is 14.8 Å². The number of para-hydroxylation sites is 1. The van der Waals surface area contributed by atoms with Crippen molar-refractivity contribution in [1.29, 1.82) is 0 Å². The molecule has 0 bridgehead atoms. The van der Waals surface area contributed by atoms with Crippen molar-refractivity contribution in [3.63, 3.8) is 0 Å². The van der Waals surface area contributed by atoms with E-state index < -0.39 is 17.1 Å². The van der Waals surface area contributed by atoms with Gasteiger partial charge in [0.1, 0.15) is 13.2 Å². The van der Waals surface area contributed by atoms with Crippen LogP contribution in [0.1, 0.15) is 23.6 Å². The molecule has 0 radical (unpaired) electrons. The number of carbonyl (C=O) groups excluding carboxylic acids is 3. The lowest BCUT2D eigenvalue weighted by molar-refractivity contribution is -0.127. The third kappa shape index (κ3) is 6.69. The molecule has 0 aliphatic carbocycles. The largest absolute Gasteiger partial charge is 0.490 e. The van der Waals surface area contributed by atoms with E-state index in [1.807, 2.05) is 50.2 Å². The smallest absolute Gasteiger partial charge is 0.294 e. The number of thioether (sulfide) groups is 1. The van der Waals surface area contributed by atoms with Crippen LogP contribution in [0.2, 0.25) is 5.02 Å². The molecule has 0 atom stereocenters. The fourth-order valence-electron chi connectivity index (χ4n) is 3.67. The number of anilines is 1. The number of nitrogens with zero attached hydrogens (tertiary/aromatic N) is 1. The first-order valence-electron chi connectivity index (χ1n) is 11.7. The van der Waals surface area contributed by atoms with Gasteiger partial charge in [-0.1, -0.05) is 48.0 Å². The van der Waals surface area contributed by atoms with Crippen molar-refractivity contribution in [2.75, 3.05) is 18.5 Å². The molecule has 4 rings (SSSR count). The van der Waals surface area contributed by atoms with Crippen LogP contribution in [-0.4, -0.2) is 35.1 Å². The van der Waals surface area contributed by atoms with Gasteiger partial charge in [-0.3, -0.25) is 19.3 Å². The number of rotatable bonds is 9. The normalized spacial score (nSPS) is 14.2. The summed E-state index contributed by atoms with van der Waals surface area (Å²) in [5.41, 5.74) is 3.03. The molecule has 1 aliphatic rings. The lowest BCUT2D eigenvalue weighted by Crippen LogP contribution is -2.36. The van der Waals surface area contributed by atoms with E-state index >= 15 is 0 Å². The fourth-order valence-corrected chi connectivity index (χ4v) is 5.48. The zero-order valence-corrected chi connectivity index (χ0v) is 24.4. The highest BCUT2D eigenvalue weighted by Crippen LogP contribution is 2.38. The first-order valence-corrected chi connectivity index (χ1v) is 14.0. The predicted octanol–water partition coefficient (Wildman–Crippen LogP) is 6.91. The number of hydrogen-bond donors (Lipinski definition) is 1. The van der Waals surface area contributed by atoms with Crippen molar-refractivity contribution in [3.05, 3.63) is 90.9 Å². The SMILES string of the molecule is CCOc1cc(/C=C2/SC(=O)N(CC(=O)Nc3ccccc3C)C2=O)cc(I)c1OCc1ccccc1Cl. The van der Waals surface area contributed by atoms with Gasteiger partial charge in [0.2, 0.25) is 5.91 Å². The number of imide groups is 1. The summed E-state index contributed by atoms with van der Waals surface area (Å²) in [5, 5.41) is 2.86. The molecule has 196 valence electrons. The minimum atomic E-state index is -0.521. The molecule has 1 heterocycles. The molecule has 1 aliphatic heterocycles. The van der Waals surface area contributed by atoms with Gasteiger partial charge in [-0.15, -0.1) is 0 Å². The molecule has 0 aromatic heterocycles. The average molecular weight is 663 g/mol. The number of ether oxygens (including phenoxy) is 2. The van der Waals surface area contributed by atoms with Crippen LogP contribution in [0, 0.1) is 10.5 Å². The summed E-state index contributed by atoms with van der Waals surface area (Å²) in [6, 6.07) is 18.3. The van der Waals surface area contributed by atoms with Gasteiger partial charge in [-0.25, -0.2) is 0 Å². The van der Waals surface area contributed by atoms with Crippen LogP contribution in [0.5, 0.6) is 11.5 Å². The number of amides is 3. The molecular weight excluding hydrogens is 639 g/mol. The van der Waals surface area contributed by atoms with E-state index in [-0.39, 0.29) is 18.1 Å². The number of aryl methyl sites for hydroxylation is 1. The Bertz CT molecular complexity index is 1430. The summed E-state index contributed by atoms with van der Waals surface area (Å²) in [6.07, 6.45) is 1.62. The molecule has 10 heteroatoms. The number of carbonyl (C=O) groups is 3. The van der Waals surface area contributed by atoms with Crippen molar-refractivity contribution in [2.24, 2.45) is 0 Å². The molecule has 3 aromatic carbocycles. The van der Waals surface area contributed by atoms with Crippen molar-refractivity contribution in [3.8, 4) is 11.5 Å². The molecule has 1 fully saturated rings. The summed E-state index contributed by atoms with van der Waals surface area (Å²) in [5.74, 6) is 0.100. The van der Waals surface area contributed by atoms with Gasteiger partial charge in [0.15, 0.2) is 11.5 Å². The maximum Gasteiger partial charge on any atom is 0.294 e. The van der Waals surface area contributed by atoms with Crippen LogP contribution in [0.15, 0.2) is 65.6 Å². The Morgan fingerprint density at radius 3 is 2.58 bits per heavy atom. The van der Waals surface area contributed by atoms with E-state index in [2.05, 4.69) is 27.9 Å². The maximum atomic E-state index is 13.0. The summed E-state index contributed by atoms with van der Waals surface area (Å²) in [4.78, 5) is 39.3. The molecule has 38 heavy (non-hydrogen) atoms. The highest BCUT2D eigenvalue weighted by Gasteiger charge is 2.36. The first kappa shape index (κ1) is 28.0. The minimum absolute atomic E-state index is 0.224. The molecule has 1 N–H and O–H groups in total. The second-order valence-electron chi connectivity index (χ2n) is 8.27. The molecular formula is C28H24ClIN2O5S. The number of nitrogens with one attached hydrogen (secondary N) is 1. The lowest BCUT2D eigenvalue weighted by Gasteiger charge is -2.15. The van der Waals surface area contributed by atoms with E-state index in [0.29, 0.717) is 34.4 Å². The highest BCUT2D eigenvalue weighted by molar-refractivity contribution is 14.1. The Kier molecular flexibility index (Phi) is 9.35. The van der Waals surface area contributed by atoms with E-state index in [1.165, 1.54) is 0 Å². The molecule has 7 nitrogen and oxygen atoms in total. The van der Waals surface area contributed by atoms with Crippen LogP contribution >= 0.6 is 46.0 Å². The molecule has 0 unspecified atom stereocenters. The van der Waals surface area contributed by atoms with Crippen LogP contribution in [0.4, 0.5) is 10.5 Å². The molecule has 0 saturated carbocycles. The van der Waals surface area contributed by atoms with E-state index in [9.17, 15) is 14.4 Å². The Morgan fingerprint density at radius 1 is 1.11 bits per heavy atom. The van der Waals surface area contributed by atoms with E-state index in [0.717, 1.165) is 31.4 Å². The second kappa shape index (κ2) is 12.7. The van der Waals surface area contributed by atoms with Crippen molar-refractivity contribution < 1.29 is 23.9 Å². The minimum Gasteiger partial charge on any atom is -0.490 e. The summed E-state index contributed by atoms with van der Waals surface area (Å²) in [7, 11) is 0. The Labute approximate surface area is 243 Å². The standard InChI is InChI=1S/C28H24ClIN2O5S/c1-3-36-23-13-18(12-21(30)26(23)37-16-19-9-5-6-10-20(19)29)14-24-27(34)32(28(35)38-24)15-25(33)31-22-11-7-4-8-17(22)2/h4-14H,3,15-16H2,1-2H3,(H,31,33)/b24-14+. The topological polar surface area (TPSA) is 84.9 Å². The van der Waals surface area contributed by atoms with Crippen LogP contribution in [0.25, 0.3) is 6.08 Å². The van der Waals surface area contributed by atoms with Gasteiger partial charge in [0.05, 0.1) is 15.1 Å². The molecule has 1 saturated heterocycles. The molecule has 0 spiro atoms. The van der Waals surface area contributed by atoms with E-state index in [4.69, 9.17) is 21.1 Å². The molecule has 3 amide bonds. The number of hydrogen-bond acceptors (Lipinski definition) is 6. The summed E-state index contributed by atoms with van der Waals surface area (Å²) < 4.78 is 12.6. The zero-order chi connectivity index (χ0) is 27.2. The number of halogens is 2. The Hall–Kier alpha value is -3.02. The highest BCUT2D eigenvalue weighted by atomic mass is 127. The van der Waals surface area contributed by atoms with E-state index in [1.54, 1.807) is 30.3 Å². The zero-order valence-electron chi connectivity index (χ0n) is 20.6. The van der Waals surface area contributed by atoms with Crippen LogP contribution in [0.3, 0.4) is 0 Å². The lowest BCUT2D eigenvalue weighted by atomic mass is 10.1. The third-order valence-corrected chi connectivity index (χ3v) is 7.63. The summed E-state index contributed by atoms with van der Waals surface area (Å²) in [6.45, 7) is 4.04. The third-order valence-electron chi connectivity index (χ3n) is 5.55. The molecule has 3 aromatic rings. The van der Waals surface area contributed by atoms with Gasteiger partial charge >= 0.3 is 0 Å². The van der Waals surface area contributed by atoms with Crippen LogP contribution < -0.4 is 14.8 Å². The van der Waals surface area contributed by atoms with Gasteiger partial charge in [0.25, 0.3) is 11.1 Å². The van der Waals surface area contributed by atoms with Crippen LogP contribution in [-0.2, 0) is 16.2 Å².